The van der Waals surface area contributed by atoms with Crippen LogP contribution in [-0.2, 0) is 9.53 Å². The molecule has 9 nitrogen and oxygen atoms in total. The Hall–Kier alpha value is -2.98. The highest BCUT2D eigenvalue weighted by atomic mass is 19.1. The van der Waals surface area contributed by atoms with Gasteiger partial charge in [0.25, 0.3) is 5.91 Å². The number of nitrogens with zero attached hydrogens (tertiary/aromatic N) is 4. The molecule has 10 heteroatoms. The molecule has 0 bridgehead atoms. The number of halogens is 1. The monoisotopic (exact) mass is 501 g/mol. The van der Waals surface area contributed by atoms with Crippen LogP contribution >= 0.6 is 0 Å². The molecule has 2 amide bonds. The molecule has 196 valence electrons. The third-order valence-corrected chi connectivity index (χ3v) is 7.12. The largest absolute Gasteiger partial charge is 0.488 e. The summed E-state index contributed by atoms with van der Waals surface area (Å²) in [5, 5.41) is 0. The highest BCUT2D eigenvalue weighted by Crippen LogP contribution is 2.35. The molecule has 0 aliphatic carbocycles. The first-order valence-corrected chi connectivity index (χ1v) is 12.7. The second-order valence-electron chi connectivity index (χ2n) is 9.55. The van der Waals surface area contributed by atoms with Gasteiger partial charge < -0.3 is 25.0 Å². The van der Waals surface area contributed by atoms with E-state index >= 15 is 0 Å². The second-order valence-corrected chi connectivity index (χ2v) is 9.55. The van der Waals surface area contributed by atoms with Crippen molar-refractivity contribution in [1.29, 1.82) is 0 Å². The zero-order valence-electron chi connectivity index (χ0n) is 21.3. The van der Waals surface area contributed by atoms with Gasteiger partial charge in [0, 0.05) is 37.8 Å². The van der Waals surface area contributed by atoms with Crippen LogP contribution < -0.4 is 15.4 Å². The maximum Gasteiger partial charge on any atom is 0.255 e. The molecule has 2 N–H and O–H groups in total. The minimum atomic E-state index is -1.18. The van der Waals surface area contributed by atoms with Crippen LogP contribution in [0.4, 0.5) is 10.2 Å². The molecule has 2 atom stereocenters. The number of rotatable bonds is 7. The van der Waals surface area contributed by atoms with Crippen molar-refractivity contribution in [1.82, 2.24) is 14.8 Å². The molecule has 2 unspecified atom stereocenters. The number of alkyl halides is 1. The third kappa shape index (κ3) is 5.39. The molecular weight excluding hydrogens is 465 g/mol. The zero-order chi connectivity index (χ0) is 25.9. The SMILES string of the molecule is CCOCC(C)C(=O)N1C=CC(N2CCOc3cc(C(=O)N4CCC(F)(CC)CC4)cnc32)=CC1N. The van der Waals surface area contributed by atoms with Gasteiger partial charge in [-0.3, -0.25) is 14.5 Å². The van der Waals surface area contributed by atoms with Crippen molar-refractivity contribution < 1.29 is 23.5 Å². The molecule has 1 aromatic rings. The first kappa shape index (κ1) is 26.1. The van der Waals surface area contributed by atoms with Gasteiger partial charge in [-0.15, -0.1) is 0 Å². The van der Waals surface area contributed by atoms with Crippen LogP contribution in [0, 0.1) is 5.92 Å². The molecular formula is C26H36FN5O4. The van der Waals surface area contributed by atoms with Gasteiger partial charge in [-0.2, -0.15) is 0 Å². The maximum atomic E-state index is 14.5. The second kappa shape index (κ2) is 11.0. The number of carbonyl (C=O) groups is 2. The number of anilines is 1. The third-order valence-electron chi connectivity index (χ3n) is 7.12. The van der Waals surface area contributed by atoms with Crippen molar-refractivity contribution in [3.05, 3.63) is 41.9 Å². The van der Waals surface area contributed by atoms with Crippen LogP contribution in [0.25, 0.3) is 0 Å². The Labute approximate surface area is 211 Å². The molecule has 0 radical (unpaired) electrons. The van der Waals surface area contributed by atoms with Crippen molar-refractivity contribution in [2.45, 2.75) is 51.9 Å². The quantitative estimate of drug-likeness (QED) is 0.613. The maximum absolute atomic E-state index is 14.5. The normalized spacial score (nSPS) is 22.0. The highest BCUT2D eigenvalue weighted by Gasteiger charge is 2.35. The lowest BCUT2D eigenvalue weighted by Gasteiger charge is -2.36. The Morgan fingerprint density at radius 3 is 2.72 bits per heavy atom. The molecule has 1 saturated heterocycles. The van der Waals surface area contributed by atoms with E-state index in [2.05, 4.69) is 4.98 Å². The van der Waals surface area contributed by atoms with Crippen molar-refractivity contribution in [3.63, 3.8) is 0 Å². The molecule has 4 heterocycles. The zero-order valence-corrected chi connectivity index (χ0v) is 21.3. The molecule has 4 rings (SSSR count). The standard InChI is InChI=1S/C26H36FN5O4/c1-4-26(27)7-10-30(11-8-26)25(34)19-14-21-23(29-16-19)31(12-13-36-21)20-6-9-32(22(28)15-20)24(33)18(3)17-35-5-2/h6,9,14-16,18,22H,4-5,7-8,10-13,17,28H2,1-3H3. The van der Waals surface area contributed by atoms with Gasteiger partial charge in [0.2, 0.25) is 5.91 Å². The summed E-state index contributed by atoms with van der Waals surface area (Å²) in [6.45, 7) is 8.18. The van der Waals surface area contributed by atoms with E-state index in [1.54, 1.807) is 17.2 Å². The number of ether oxygens (including phenoxy) is 2. The van der Waals surface area contributed by atoms with E-state index in [1.807, 2.05) is 37.8 Å². The summed E-state index contributed by atoms with van der Waals surface area (Å²) in [6.07, 6.45) is 7.41. The van der Waals surface area contributed by atoms with Gasteiger partial charge in [-0.1, -0.05) is 13.8 Å². The Kier molecular flexibility index (Phi) is 7.94. The van der Waals surface area contributed by atoms with E-state index in [-0.39, 0.29) is 17.7 Å². The molecule has 1 fully saturated rings. The summed E-state index contributed by atoms with van der Waals surface area (Å²) < 4.78 is 25.8. The predicted molar refractivity (Wildman–Crippen MR) is 134 cm³/mol. The van der Waals surface area contributed by atoms with Gasteiger partial charge >= 0.3 is 0 Å². The van der Waals surface area contributed by atoms with E-state index in [4.69, 9.17) is 15.2 Å². The summed E-state index contributed by atoms with van der Waals surface area (Å²) in [7, 11) is 0. The van der Waals surface area contributed by atoms with E-state index in [0.717, 1.165) is 5.70 Å². The van der Waals surface area contributed by atoms with Gasteiger partial charge in [0.05, 0.1) is 24.6 Å². The van der Waals surface area contributed by atoms with Crippen LogP contribution in [0.5, 0.6) is 5.75 Å². The fourth-order valence-electron chi connectivity index (χ4n) is 4.70. The lowest BCUT2D eigenvalue weighted by molar-refractivity contribution is -0.135. The lowest BCUT2D eigenvalue weighted by atomic mass is 9.90. The van der Waals surface area contributed by atoms with Gasteiger partial charge in [-0.25, -0.2) is 9.37 Å². The summed E-state index contributed by atoms with van der Waals surface area (Å²) in [4.78, 5) is 35.5. The number of piperidine rings is 1. The number of hydrogen-bond acceptors (Lipinski definition) is 7. The highest BCUT2D eigenvalue weighted by molar-refractivity contribution is 5.95. The van der Waals surface area contributed by atoms with Crippen LogP contribution in [0.2, 0.25) is 0 Å². The fraction of sp³-hybridized carbons (Fsp3) is 0.577. The van der Waals surface area contributed by atoms with Gasteiger partial charge in [0.1, 0.15) is 18.4 Å². The fourth-order valence-corrected chi connectivity index (χ4v) is 4.70. The Balaban J connectivity index is 1.46. The summed E-state index contributed by atoms with van der Waals surface area (Å²) >= 11 is 0. The van der Waals surface area contributed by atoms with E-state index in [9.17, 15) is 14.0 Å². The predicted octanol–water partition coefficient (Wildman–Crippen LogP) is 2.83. The van der Waals surface area contributed by atoms with Crippen LogP contribution in [0.3, 0.4) is 0 Å². The average Bonchev–Trinajstić information content (AvgIpc) is 2.90. The van der Waals surface area contributed by atoms with Crippen molar-refractivity contribution in [2.24, 2.45) is 11.7 Å². The van der Waals surface area contributed by atoms with Gasteiger partial charge in [0.15, 0.2) is 11.6 Å². The van der Waals surface area contributed by atoms with Crippen molar-refractivity contribution in [2.75, 3.05) is 44.4 Å². The Bertz CT molecular complexity index is 1040. The molecule has 3 aliphatic heterocycles. The van der Waals surface area contributed by atoms with Crippen LogP contribution in [0.15, 0.2) is 36.3 Å². The molecule has 0 aromatic carbocycles. The first-order chi connectivity index (χ1) is 17.3. The molecule has 0 spiro atoms. The number of nitrogens with two attached hydrogens (primary N) is 1. The number of pyridine rings is 1. The van der Waals surface area contributed by atoms with E-state index < -0.39 is 11.8 Å². The molecule has 1 aromatic heterocycles. The topological polar surface area (TPSA) is 101 Å². The minimum Gasteiger partial charge on any atom is -0.488 e. The number of hydrogen-bond donors (Lipinski definition) is 1. The number of likely N-dealkylation sites (tertiary alicyclic amines) is 1. The molecule has 3 aliphatic rings. The first-order valence-electron chi connectivity index (χ1n) is 12.7. The van der Waals surface area contributed by atoms with Crippen LogP contribution in [-0.4, -0.2) is 77.9 Å². The summed E-state index contributed by atoms with van der Waals surface area (Å²) in [5.41, 5.74) is 6.36. The van der Waals surface area contributed by atoms with E-state index in [0.29, 0.717) is 75.8 Å². The number of aromatic nitrogens is 1. The van der Waals surface area contributed by atoms with Crippen molar-refractivity contribution in [3.8, 4) is 5.75 Å². The number of fused-ring (bicyclic) bond motifs is 1. The number of allylic oxidation sites excluding steroid dienone is 1. The Morgan fingerprint density at radius 2 is 2.06 bits per heavy atom. The molecule has 36 heavy (non-hydrogen) atoms. The number of amides is 2. The average molecular weight is 502 g/mol. The molecule has 0 saturated carbocycles. The lowest BCUT2D eigenvalue weighted by Crippen LogP contribution is -2.47. The van der Waals surface area contributed by atoms with Gasteiger partial charge in [-0.05, 0) is 44.4 Å². The minimum absolute atomic E-state index is 0.104. The van der Waals surface area contributed by atoms with Crippen LogP contribution in [0.1, 0.15) is 50.4 Å². The summed E-state index contributed by atoms with van der Waals surface area (Å²) in [6, 6.07) is 1.70. The smallest absolute Gasteiger partial charge is 0.255 e. The Morgan fingerprint density at radius 1 is 1.31 bits per heavy atom. The van der Waals surface area contributed by atoms with Crippen molar-refractivity contribution >= 4 is 17.6 Å². The van der Waals surface area contributed by atoms with E-state index in [1.165, 1.54) is 11.1 Å². The number of carbonyl (C=O) groups excluding carboxylic acids is 2. The summed E-state index contributed by atoms with van der Waals surface area (Å²) in [5.74, 6) is 0.508.